The quantitative estimate of drug-likeness (QED) is 0.506. The molecule has 0 aliphatic rings. The van der Waals surface area contributed by atoms with Crippen LogP contribution in [-0.4, -0.2) is 22.5 Å². The number of hydrogen-bond acceptors (Lipinski definition) is 5. The lowest BCUT2D eigenvalue weighted by Crippen LogP contribution is -2.37. The van der Waals surface area contributed by atoms with Crippen LogP contribution in [0.4, 0.5) is 5.69 Å². The lowest BCUT2D eigenvalue weighted by Gasteiger charge is -2.22. The molecule has 0 unspecified atom stereocenters. The standard InChI is InChI=1S/C14H20N2O4/c1-14(2,3)20-13(17)12(15)9-6-10-4-7-11(8-5-10)16(18)19/h4-5,7-8,12H,6,9,15H2,1-3H3/t12-/m1/s1. The molecule has 1 aromatic carbocycles. The molecule has 1 aromatic rings. The van der Waals surface area contributed by atoms with E-state index >= 15 is 0 Å². The molecule has 0 bridgehead atoms. The van der Waals surface area contributed by atoms with Crippen molar-refractivity contribution in [2.45, 2.75) is 45.3 Å². The summed E-state index contributed by atoms with van der Waals surface area (Å²) < 4.78 is 5.19. The van der Waals surface area contributed by atoms with Gasteiger partial charge < -0.3 is 10.5 Å². The third-order valence-corrected chi connectivity index (χ3v) is 2.60. The van der Waals surface area contributed by atoms with Crippen LogP contribution in [0.15, 0.2) is 24.3 Å². The van der Waals surface area contributed by atoms with Crippen LogP contribution in [0, 0.1) is 10.1 Å². The number of rotatable bonds is 5. The van der Waals surface area contributed by atoms with E-state index in [4.69, 9.17) is 10.5 Å². The first-order valence-corrected chi connectivity index (χ1v) is 6.41. The highest BCUT2D eigenvalue weighted by Gasteiger charge is 2.21. The number of nitrogens with zero attached hydrogens (tertiary/aromatic N) is 1. The molecular weight excluding hydrogens is 260 g/mol. The summed E-state index contributed by atoms with van der Waals surface area (Å²) in [6.45, 7) is 5.36. The Morgan fingerprint density at radius 2 is 1.90 bits per heavy atom. The molecule has 6 heteroatoms. The fourth-order valence-corrected chi connectivity index (χ4v) is 1.60. The molecule has 0 saturated heterocycles. The highest BCUT2D eigenvalue weighted by Crippen LogP contribution is 2.14. The molecule has 0 aliphatic carbocycles. The second-order valence-corrected chi connectivity index (χ2v) is 5.60. The van der Waals surface area contributed by atoms with Gasteiger partial charge in [0.1, 0.15) is 11.6 Å². The van der Waals surface area contributed by atoms with Crippen molar-refractivity contribution in [2.24, 2.45) is 5.73 Å². The summed E-state index contributed by atoms with van der Waals surface area (Å²) in [6.07, 6.45) is 1.01. The van der Waals surface area contributed by atoms with Gasteiger partial charge in [0, 0.05) is 12.1 Å². The topological polar surface area (TPSA) is 95.5 Å². The Bertz CT molecular complexity index is 477. The fourth-order valence-electron chi connectivity index (χ4n) is 1.60. The van der Waals surface area contributed by atoms with Gasteiger partial charge in [-0.2, -0.15) is 0 Å². The number of aryl methyl sites for hydroxylation is 1. The Hall–Kier alpha value is -1.95. The SMILES string of the molecule is CC(C)(C)OC(=O)[C@H](N)CCc1ccc([N+](=O)[O-])cc1. The first kappa shape index (κ1) is 16.1. The van der Waals surface area contributed by atoms with Crippen molar-refractivity contribution in [3.63, 3.8) is 0 Å². The first-order valence-electron chi connectivity index (χ1n) is 6.41. The number of nitro groups is 1. The maximum Gasteiger partial charge on any atom is 0.323 e. The summed E-state index contributed by atoms with van der Waals surface area (Å²) in [5, 5.41) is 10.5. The number of non-ortho nitro benzene ring substituents is 1. The van der Waals surface area contributed by atoms with Crippen LogP contribution in [0.3, 0.4) is 0 Å². The Morgan fingerprint density at radius 1 is 1.35 bits per heavy atom. The van der Waals surface area contributed by atoms with Crippen LogP contribution in [-0.2, 0) is 16.0 Å². The summed E-state index contributed by atoms with van der Waals surface area (Å²) in [5.41, 5.74) is 6.16. The maximum atomic E-state index is 11.7. The molecule has 0 radical (unpaired) electrons. The van der Waals surface area contributed by atoms with Gasteiger partial charge in [0.2, 0.25) is 0 Å². The molecule has 20 heavy (non-hydrogen) atoms. The number of esters is 1. The van der Waals surface area contributed by atoms with Crippen molar-refractivity contribution >= 4 is 11.7 Å². The second kappa shape index (κ2) is 6.47. The van der Waals surface area contributed by atoms with E-state index in [1.165, 1.54) is 12.1 Å². The van der Waals surface area contributed by atoms with Crippen molar-refractivity contribution in [3.8, 4) is 0 Å². The normalized spacial score (nSPS) is 12.8. The van der Waals surface area contributed by atoms with Crippen LogP contribution in [0.5, 0.6) is 0 Å². The Balaban J connectivity index is 2.50. The Labute approximate surface area is 118 Å². The fraction of sp³-hybridized carbons (Fsp3) is 0.500. The molecule has 6 nitrogen and oxygen atoms in total. The van der Waals surface area contributed by atoms with Crippen molar-refractivity contribution in [2.75, 3.05) is 0 Å². The van der Waals surface area contributed by atoms with Crippen LogP contribution in [0.2, 0.25) is 0 Å². The van der Waals surface area contributed by atoms with E-state index in [2.05, 4.69) is 0 Å². The molecule has 0 aliphatic heterocycles. The van der Waals surface area contributed by atoms with Crippen molar-refractivity contribution < 1.29 is 14.5 Å². The summed E-state index contributed by atoms with van der Waals surface area (Å²) >= 11 is 0. The minimum atomic E-state index is -0.690. The van der Waals surface area contributed by atoms with Gasteiger partial charge in [-0.3, -0.25) is 14.9 Å². The number of carbonyl (C=O) groups excluding carboxylic acids is 1. The van der Waals surface area contributed by atoms with Gasteiger partial charge in [-0.05, 0) is 39.2 Å². The smallest absolute Gasteiger partial charge is 0.323 e. The van der Waals surface area contributed by atoms with Gasteiger partial charge in [0.05, 0.1) is 4.92 Å². The van der Waals surface area contributed by atoms with Gasteiger partial charge in [0.15, 0.2) is 0 Å². The zero-order chi connectivity index (χ0) is 15.3. The molecule has 0 aromatic heterocycles. The third kappa shape index (κ3) is 5.36. The van der Waals surface area contributed by atoms with Gasteiger partial charge >= 0.3 is 5.97 Å². The van der Waals surface area contributed by atoms with E-state index in [0.717, 1.165) is 5.56 Å². The van der Waals surface area contributed by atoms with E-state index in [1.54, 1.807) is 32.9 Å². The average Bonchev–Trinajstić information content (AvgIpc) is 2.34. The van der Waals surface area contributed by atoms with Gasteiger partial charge in [0.25, 0.3) is 5.69 Å². The molecule has 1 atom stereocenters. The lowest BCUT2D eigenvalue weighted by atomic mass is 10.1. The van der Waals surface area contributed by atoms with Crippen LogP contribution >= 0.6 is 0 Å². The van der Waals surface area contributed by atoms with E-state index in [0.29, 0.717) is 12.8 Å². The highest BCUT2D eigenvalue weighted by molar-refractivity contribution is 5.75. The van der Waals surface area contributed by atoms with Crippen LogP contribution in [0.25, 0.3) is 0 Å². The predicted octanol–water partition coefficient (Wildman–Crippen LogP) is 2.20. The Kier molecular flexibility index (Phi) is 5.21. The lowest BCUT2D eigenvalue weighted by molar-refractivity contribution is -0.384. The molecule has 0 saturated carbocycles. The summed E-state index contributed by atoms with van der Waals surface area (Å²) in [6, 6.07) is 5.52. The van der Waals surface area contributed by atoms with Gasteiger partial charge in [-0.1, -0.05) is 12.1 Å². The van der Waals surface area contributed by atoms with Gasteiger partial charge in [-0.25, -0.2) is 0 Å². The zero-order valence-corrected chi connectivity index (χ0v) is 12.0. The molecule has 2 N–H and O–H groups in total. The number of nitrogens with two attached hydrogens (primary N) is 1. The van der Waals surface area contributed by atoms with E-state index in [9.17, 15) is 14.9 Å². The minimum Gasteiger partial charge on any atom is -0.459 e. The molecule has 0 spiro atoms. The van der Waals surface area contributed by atoms with Crippen LogP contribution in [0.1, 0.15) is 32.8 Å². The largest absolute Gasteiger partial charge is 0.459 e. The second-order valence-electron chi connectivity index (χ2n) is 5.60. The van der Waals surface area contributed by atoms with Gasteiger partial charge in [-0.15, -0.1) is 0 Å². The number of carbonyl (C=O) groups is 1. The highest BCUT2D eigenvalue weighted by atomic mass is 16.6. The number of hydrogen-bond donors (Lipinski definition) is 1. The summed E-state index contributed by atoms with van der Waals surface area (Å²) in [7, 11) is 0. The maximum absolute atomic E-state index is 11.7. The molecule has 110 valence electrons. The molecular formula is C14H20N2O4. The molecule has 0 amide bonds. The van der Waals surface area contributed by atoms with E-state index in [-0.39, 0.29) is 5.69 Å². The third-order valence-electron chi connectivity index (χ3n) is 2.60. The van der Waals surface area contributed by atoms with Crippen LogP contribution < -0.4 is 5.73 Å². The summed E-state index contributed by atoms with van der Waals surface area (Å²) in [4.78, 5) is 21.8. The molecule has 0 fully saturated rings. The molecule has 0 heterocycles. The van der Waals surface area contributed by atoms with E-state index < -0.39 is 22.5 Å². The zero-order valence-electron chi connectivity index (χ0n) is 12.0. The minimum absolute atomic E-state index is 0.0465. The number of ether oxygens (including phenoxy) is 1. The predicted molar refractivity (Wildman–Crippen MR) is 75.2 cm³/mol. The number of benzene rings is 1. The monoisotopic (exact) mass is 280 g/mol. The Morgan fingerprint density at radius 3 is 2.35 bits per heavy atom. The van der Waals surface area contributed by atoms with Crippen molar-refractivity contribution in [1.82, 2.24) is 0 Å². The molecule has 1 rings (SSSR count). The van der Waals surface area contributed by atoms with Crippen molar-refractivity contribution in [1.29, 1.82) is 0 Å². The first-order chi connectivity index (χ1) is 9.19. The van der Waals surface area contributed by atoms with Crippen molar-refractivity contribution in [3.05, 3.63) is 39.9 Å². The average molecular weight is 280 g/mol. The summed E-state index contributed by atoms with van der Waals surface area (Å²) in [5.74, 6) is -0.431. The number of nitro benzene ring substituents is 1. The van der Waals surface area contributed by atoms with E-state index in [1.807, 2.05) is 0 Å².